The number of carbonyl (C=O) groups is 1. The minimum absolute atomic E-state index is 0.102. The second-order valence-electron chi connectivity index (χ2n) is 7.05. The number of hydrogen-bond donors (Lipinski definition) is 2. The van der Waals surface area contributed by atoms with Gasteiger partial charge in [-0.1, -0.05) is 6.92 Å². The van der Waals surface area contributed by atoms with Crippen molar-refractivity contribution in [2.24, 2.45) is 0 Å². The van der Waals surface area contributed by atoms with Gasteiger partial charge < -0.3 is 19.9 Å². The van der Waals surface area contributed by atoms with Crippen LogP contribution in [-0.4, -0.2) is 30.6 Å². The average molecular weight is 452 g/mol. The van der Waals surface area contributed by atoms with E-state index < -0.39 is 5.82 Å². The van der Waals surface area contributed by atoms with Gasteiger partial charge in [-0.3, -0.25) is 4.79 Å². The van der Waals surface area contributed by atoms with Crippen molar-refractivity contribution >= 4 is 27.2 Å². The van der Waals surface area contributed by atoms with Gasteiger partial charge in [0.1, 0.15) is 34.5 Å². The molecule has 4 aromatic rings. The standard InChI is InChI=1S/C25H22FNO4S/c1-2-27-13-14-30-19-8-10-20(11-9-19)31-24-21-12-7-18(28)15-22(21)32-25(24)23(29)16-3-5-17(26)6-4-16/h3-12,15,27-28H,2,13-14H2,1H3. The van der Waals surface area contributed by atoms with Crippen LogP contribution in [-0.2, 0) is 0 Å². The molecule has 4 rings (SSSR count). The normalized spacial score (nSPS) is 10.9. The van der Waals surface area contributed by atoms with E-state index in [4.69, 9.17) is 9.47 Å². The highest BCUT2D eigenvalue weighted by Crippen LogP contribution is 2.42. The highest BCUT2D eigenvalue weighted by Gasteiger charge is 2.22. The van der Waals surface area contributed by atoms with Gasteiger partial charge in [0.05, 0.1) is 0 Å². The summed E-state index contributed by atoms with van der Waals surface area (Å²) in [6.07, 6.45) is 0. The van der Waals surface area contributed by atoms with E-state index in [1.807, 2.05) is 19.1 Å². The van der Waals surface area contributed by atoms with Crippen molar-refractivity contribution in [1.29, 1.82) is 0 Å². The first kappa shape index (κ1) is 21.8. The molecule has 0 spiro atoms. The van der Waals surface area contributed by atoms with Crippen LogP contribution in [0.25, 0.3) is 10.1 Å². The van der Waals surface area contributed by atoms with E-state index in [1.54, 1.807) is 30.3 Å². The number of aromatic hydroxyl groups is 1. The molecule has 5 nitrogen and oxygen atoms in total. The van der Waals surface area contributed by atoms with Crippen molar-refractivity contribution in [3.8, 4) is 23.0 Å². The van der Waals surface area contributed by atoms with Gasteiger partial charge in [-0.25, -0.2) is 4.39 Å². The number of hydrogen-bond acceptors (Lipinski definition) is 6. The summed E-state index contributed by atoms with van der Waals surface area (Å²) in [5.74, 6) is 1.09. The van der Waals surface area contributed by atoms with Crippen LogP contribution in [0.15, 0.2) is 66.7 Å². The van der Waals surface area contributed by atoms with E-state index >= 15 is 0 Å². The van der Waals surface area contributed by atoms with Gasteiger partial charge in [-0.15, -0.1) is 11.3 Å². The maximum atomic E-state index is 13.3. The number of likely N-dealkylation sites (N-methyl/N-ethyl adjacent to an activating group) is 1. The molecular formula is C25H22FNO4S. The van der Waals surface area contributed by atoms with Gasteiger partial charge in [-0.05, 0) is 73.3 Å². The van der Waals surface area contributed by atoms with Crippen molar-refractivity contribution in [3.63, 3.8) is 0 Å². The van der Waals surface area contributed by atoms with Crippen LogP contribution in [0.1, 0.15) is 22.2 Å². The third-order valence-electron chi connectivity index (χ3n) is 4.78. The van der Waals surface area contributed by atoms with Gasteiger partial charge in [0, 0.05) is 22.2 Å². The molecule has 1 heterocycles. The van der Waals surface area contributed by atoms with Gasteiger partial charge in [-0.2, -0.15) is 0 Å². The van der Waals surface area contributed by atoms with Gasteiger partial charge >= 0.3 is 0 Å². The lowest BCUT2D eigenvalue weighted by atomic mass is 10.1. The number of ketones is 1. The Balaban J connectivity index is 1.63. The lowest BCUT2D eigenvalue weighted by Gasteiger charge is -2.10. The minimum Gasteiger partial charge on any atom is -0.508 e. The van der Waals surface area contributed by atoms with Crippen LogP contribution in [0.5, 0.6) is 23.0 Å². The molecule has 0 saturated heterocycles. The van der Waals surface area contributed by atoms with Crippen LogP contribution >= 0.6 is 11.3 Å². The SMILES string of the molecule is CCNCCOc1ccc(Oc2c(C(=O)c3ccc(F)cc3)sc3cc(O)ccc23)cc1. The number of benzene rings is 3. The van der Waals surface area contributed by atoms with Crippen LogP contribution in [0.2, 0.25) is 0 Å². The summed E-state index contributed by atoms with van der Waals surface area (Å²) in [5.41, 5.74) is 0.358. The van der Waals surface area contributed by atoms with E-state index in [9.17, 15) is 14.3 Å². The Kier molecular flexibility index (Phi) is 6.68. The average Bonchev–Trinajstić information content (AvgIpc) is 3.15. The van der Waals surface area contributed by atoms with Gasteiger partial charge in [0.25, 0.3) is 0 Å². The first-order valence-corrected chi connectivity index (χ1v) is 11.0. The first-order chi connectivity index (χ1) is 15.5. The Labute approximate surface area is 189 Å². The van der Waals surface area contributed by atoms with Crippen LogP contribution < -0.4 is 14.8 Å². The predicted octanol–water partition coefficient (Wildman–Crippen LogP) is 5.76. The van der Waals surface area contributed by atoms with Crippen molar-refractivity contribution in [2.45, 2.75) is 6.92 Å². The molecule has 7 heteroatoms. The monoisotopic (exact) mass is 451 g/mol. The number of ether oxygens (including phenoxy) is 2. The summed E-state index contributed by atoms with van der Waals surface area (Å²) in [5, 5.41) is 13.8. The van der Waals surface area contributed by atoms with Crippen LogP contribution in [0, 0.1) is 5.82 Å². The summed E-state index contributed by atoms with van der Waals surface area (Å²) >= 11 is 1.22. The quantitative estimate of drug-likeness (QED) is 0.250. The van der Waals surface area contributed by atoms with Crippen molar-refractivity contribution in [2.75, 3.05) is 19.7 Å². The van der Waals surface area contributed by atoms with Crippen molar-refractivity contribution in [3.05, 3.63) is 83.0 Å². The van der Waals surface area contributed by atoms with Crippen LogP contribution in [0.4, 0.5) is 4.39 Å². The fourth-order valence-electron chi connectivity index (χ4n) is 3.18. The minimum atomic E-state index is -0.410. The highest BCUT2D eigenvalue weighted by atomic mass is 32.1. The summed E-state index contributed by atoms with van der Waals surface area (Å²) in [6.45, 7) is 4.25. The predicted molar refractivity (Wildman–Crippen MR) is 124 cm³/mol. The number of rotatable bonds is 9. The van der Waals surface area contributed by atoms with E-state index in [1.165, 1.54) is 35.6 Å². The molecule has 0 aliphatic rings. The molecule has 0 fully saturated rings. The molecule has 0 aliphatic carbocycles. The number of nitrogens with one attached hydrogen (secondary N) is 1. The molecule has 0 atom stereocenters. The summed E-state index contributed by atoms with van der Waals surface area (Å²) in [4.78, 5) is 13.5. The maximum Gasteiger partial charge on any atom is 0.206 e. The molecule has 1 aromatic heterocycles. The maximum absolute atomic E-state index is 13.3. The topological polar surface area (TPSA) is 67.8 Å². The highest BCUT2D eigenvalue weighted by molar-refractivity contribution is 7.21. The Morgan fingerprint density at radius 3 is 2.47 bits per heavy atom. The zero-order valence-corrected chi connectivity index (χ0v) is 18.2. The number of phenols is 1. The van der Waals surface area contributed by atoms with E-state index in [0.717, 1.165) is 18.8 Å². The summed E-state index contributed by atoms with van der Waals surface area (Å²) in [7, 11) is 0. The number of halogens is 1. The molecule has 164 valence electrons. The Morgan fingerprint density at radius 1 is 1.03 bits per heavy atom. The number of thiophene rings is 1. The third-order valence-corrected chi connectivity index (χ3v) is 5.91. The molecule has 0 amide bonds. The van der Waals surface area contributed by atoms with Crippen molar-refractivity contribution < 1.29 is 23.8 Å². The Morgan fingerprint density at radius 2 is 1.75 bits per heavy atom. The second-order valence-corrected chi connectivity index (χ2v) is 8.10. The molecule has 0 bridgehead atoms. The lowest BCUT2D eigenvalue weighted by Crippen LogP contribution is -2.20. The number of carbonyl (C=O) groups excluding carboxylic acids is 1. The smallest absolute Gasteiger partial charge is 0.206 e. The Hall–Kier alpha value is -3.42. The molecule has 0 saturated carbocycles. The lowest BCUT2D eigenvalue weighted by molar-refractivity contribution is 0.104. The van der Waals surface area contributed by atoms with E-state index in [-0.39, 0.29) is 11.5 Å². The third kappa shape index (κ3) is 4.90. The molecule has 0 radical (unpaired) electrons. The molecular weight excluding hydrogens is 429 g/mol. The largest absolute Gasteiger partial charge is 0.508 e. The van der Waals surface area contributed by atoms with Gasteiger partial charge in [0.2, 0.25) is 5.78 Å². The second kappa shape index (κ2) is 9.80. The number of fused-ring (bicyclic) bond motifs is 1. The van der Waals surface area contributed by atoms with E-state index in [2.05, 4.69) is 5.32 Å². The molecule has 0 aliphatic heterocycles. The zero-order valence-electron chi connectivity index (χ0n) is 17.4. The summed E-state index contributed by atoms with van der Waals surface area (Å²) < 4.78 is 25.8. The fraction of sp³-hybridized carbons (Fsp3) is 0.160. The zero-order chi connectivity index (χ0) is 22.5. The summed E-state index contributed by atoms with van der Waals surface area (Å²) in [6, 6.07) is 17.4. The van der Waals surface area contributed by atoms with E-state index in [0.29, 0.717) is 38.6 Å². The molecule has 0 unspecified atom stereocenters. The molecule has 32 heavy (non-hydrogen) atoms. The fourth-order valence-corrected chi connectivity index (χ4v) is 4.31. The number of phenolic OH excluding ortho intramolecular Hbond substituents is 1. The first-order valence-electron chi connectivity index (χ1n) is 10.2. The molecule has 2 N–H and O–H groups in total. The van der Waals surface area contributed by atoms with Crippen LogP contribution in [0.3, 0.4) is 0 Å². The molecule has 3 aromatic carbocycles. The van der Waals surface area contributed by atoms with Gasteiger partial charge in [0.15, 0.2) is 5.75 Å². The van der Waals surface area contributed by atoms with Crippen molar-refractivity contribution in [1.82, 2.24) is 5.32 Å². The Bertz CT molecular complexity index is 1220.